The molecule has 140 valence electrons. The summed E-state index contributed by atoms with van der Waals surface area (Å²) in [5.41, 5.74) is 0.235. The predicted octanol–water partition coefficient (Wildman–Crippen LogP) is 7.28. The SMILES string of the molecule is N#CC(NC(=O)c1cccs1)=C(Sc1ccc(Br)cc1)Sc1ccc(Br)cc1. The lowest BCUT2D eigenvalue weighted by molar-refractivity contribution is 0.0971. The maximum absolute atomic E-state index is 12.5. The van der Waals surface area contributed by atoms with Gasteiger partial charge in [0.1, 0.15) is 11.8 Å². The van der Waals surface area contributed by atoms with Crippen molar-refractivity contribution in [2.45, 2.75) is 9.79 Å². The van der Waals surface area contributed by atoms with Gasteiger partial charge in [-0.25, -0.2) is 0 Å². The minimum Gasteiger partial charge on any atom is -0.311 e. The second-order valence-corrected chi connectivity index (χ2v) is 10.5. The first kappa shape index (κ1) is 21.2. The molecule has 1 heterocycles. The van der Waals surface area contributed by atoms with Crippen LogP contribution in [0.5, 0.6) is 0 Å². The smallest absolute Gasteiger partial charge is 0.266 e. The monoisotopic (exact) mass is 550 g/mol. The molecule has 28 heavy (non-hydrogen) atoms. The number of amides is 1. The zero-order valence-electron chi connectivity index (χ0n) is 14.2. The van der Waals surface area contributed by atoms with Gasteiger partial charge >= 0.3 is 0 Å². The van der Waals surface area contributed by atoms with Crippen LogP contribution >= 0.6 is 66.7 Å². The van der Waals surface area contributed by atoms with Gasteiger partial charge in [-0.15, -0.1) is 11.3 Å². The fourth-order valence-electron chi connectivity index (χ4n) is 2.05. The van der Waals surface area contributed by atoms with Gasteiger partial charge in [-0.2, -0.15) is 5.26 Å². The summed E-state index contributed by atoms with van der Waals surface area (Å²) in [7, 11) is 0. The van der Waals surface area contributed by atoms with Gasteiger partial charge < -0.3 is 5.32 Å². The molecule has 0 radical (unpaired) electrons. The molecule has 0 fully saturated rings. The highest BCUT2D eigenvalue weighted by molar-refractivity contribution is 9.10. The van der Waals surface area contributed by atoms with E-state index >= 15 is 0 Å². The van der Waals surface area contributed by atoms with Crippen LogP contribution in [0.2, 0.25) is 0 Å². The number of carbonyl (C=O) groups is 1. The minimum atomic E-state index is -0.281. The molecule has 1 N–H and O–H groups in total. The van der Waals surface area contributed by atoms with Crippen LogP contribution in [0, 0.1) is 11.3 Å². The summed E-state index contributed by atoms with van der Waals surface area (Å²) in [5, 5.41) is 14.3. The molecule has 0 unspecified atom stereocenters. The summed E-state index contributed by atoms with van der Waals surface area (Å²) in [4.78, 5) is 15.0. The fraction of sp³-hybridized carbons (Fsp3) is 0. The van der Waals surface area contributed by atoms with E-state index in [1.54, 1.807) is 6.07 Å². The van der Waals surface area contributed by atoms with Crippen molar-refractivity contribution in [1.29, 1.82) is 5.26 Å². The summed E-state index contributed by atoms with van der Waals surface area (Å²) >= 11 is 11.1. The lowest BCUT2D eigenvalue weighted by Gasteiger charge is -2.11. The topological polar surface area (TPSA) is 52.9 Å². The molecule has 0 saturated carbocycles. The summed E-state index contributed by atoms with van der Waals surface area (Å²) < 4.78 is 2.67. The van der Waals surface area contributed by atoms with Gasteiger partial charge in [0.15, 0.2) is 0 Å². The van der Waals surface area contributed by atoms with Crippen LogP contribution in [0.1, 0.15) is 9.67 Å². The van der Waals surface area contributed by atoms with Crippen LogP contribution < -0.4 is 5.32 Å². The minimum absolute atomic E-state index is 0.235. The van der Waals surface area contributed by atoms with Gasteiger partial charge in [-0.05, 0) is 60.0 Å². The number of allylic oxidation sites excluding steroid dienone is 1. The number of hydrogen-bond acceptors (Lipinski definition) is 5. The molecule has 8 heteroatoms. The summed E-state index contributed by atoms with van der Waals surface area (Å²) in [6.45, 7) is 0. The number of nitrogens with zero attached hydrogens (tertiary/aromatic N) is 1. The molecule has 0 saturated heterocycles. The lowest BCUT2D eigenvalue weighted by Crippen LogP contribution is -2.21. The lowest BCUT2D eigenvalue weighted by atomic mass is 10.4. The van der Waals surface area contributed by atoms with Crippen molar-refractivity contribution in [3.8, 4) is 6.07 Å². The fourth-order valence-corrected chi connectivity index (χ4v) is 5.31. The Morgan fingerprint density at radius 1 is 0.929 bits per heavy atom. The number of thioether (sulfide) groups is 2. The van der Waals surface area contributed by atoms with Crippen molar-refractivity contribution in [1.82, 2.24) is 5.32 Å². The third-order valence-electron chi connectivity index (χ3n) is 3.35. The molecule has 3 aromatic rings. The molecule has 3 rings (SSSR count). The van der Waals surface area contributed by atoms with Crippen molar-refractivity contribution in [3.05, 3.63) is 89.8 Å². The van der Waals surface area contributed by atoms with Crippen LogP contribution in [-0.4, -0.2) is 5.91 Å². The largest absolute Gasteiger partial charge is 0.311 e. The maximum Gasteiger partial charge on any atom is 0.266 e. The quantitative estimate of drug-likeness (QED) is 0.258. The highest BCUT2D eigenvalue weighted by Gasteiger charge is 2.16. The highest BCUT2D eigenvalue weighted by Crippen LogP contribution is 2.41. The molecule has 2 aromatic carbocycles. The van der Waals surface area contributed by atoms with Crippen molar-refractivity contribution < 1.29 is 4.79 Å². The maximum atomic E-state index is 12.5. The van der Waals surface area contributed by atoms with Crippen molar-refractivity contribution in [3.63, 3.8) is 0 Å². The number of thiophene rings is 1. The van der Waals surface area contributed by atoms with Gasteiger partial charge in [-0.3, -0.25) is 4.79 Å². The third-order valence-corrected chi connectivity index (χ3v) is 7.57. The van der Waals surface area contributed by atoms with Crippen molar-refractivity contribution in [2.75, 3.05) is 0 Å². The van der Waals surface area contributed by atoms with Crippen LogP contribution in [0.4, 0.5) is 0 Å². The van der Waals surface area contributed by atoms with E-state index in [0.717, 1.165) is 18.7 Å². The summed E-state index contributed by atoms with van der Waals surface area (Å²) in [5.74, 6) is -0.281. The van der Waals surface area contributed by atoms with Gasteiger partial charge in [0.25, 0.3) is 5.91 Å². The van der Waals surface area contributed by atoms with Crippen LogP contribution in [-0.2, 0) is 0 Å². The Labute approximate surface area is 192 Å². The molecule has 1 amide bonds. The highest BCUT2D eigenvalue weighted by atomic mass is 79.9. The Balaban J connectivity index is 1.92. The number of nitrogens with one attached hydrogen (secondary N) is 1. The number of nitriles is 1. The first-order valence-electron chi connectivity index (χ1n) is 7.91. The Morgan fingerprint density at radius 3 is 1.89 bits per heavy atom. The number of halogens is 2. The number of rotatable bonds is 6. The second-order valence-electron chi connectivity index (χ2n) is 5.32. The van der Waals surface area contributed by atoms with Gasteiger partial charge in [0.05, 0.1) is 9.11 Å². The Kier molecular flexibility index (Phi) is 7.82. The number of hydrogen-bond donors (Lipinski definition) is 1. The normalized spacial score (nSPS) is 10.2. The molecular formula is C20H12Br2N2OS3. The third kappa shape index (κ3) is 6.00. The molecule has 3 nitrogen and oxygen atoms in total. The van der Waals surface area contributed by atoms with Crippen LogP contribution in [0.3, 0.4) is 0 Å². The van der Waals surface area contributed by atoms with Gasteiger partial charge in [0, 0.05) is 18.7 Å². The average Bonchev–Trinajstić information content (AvgIpc) is 3.24. The predicted molar refractivity (Wildman–Crippen MR) is 124 cm³/mol. The number of benzene rings is 2. The molecule has 0 spiro atoms. The molecular weight excluding hydrogens is 540 g/mol. The molecule has 0 aliphatic carbocycles. The van der Waals surface area contributed by atoms with E-state index in [4.69, 9.17) is 0 Å². The molecule has 0 aliphatic heterocycles. The summed E-state index contributed by atoms with van der Waals surface area (Å²) in [6.07, 6.45) is 0. The van der Waals surface area contributed by atoms with Gasteiger partial charge in [-0.1, -0.05) is 61.5 Å². The molecule has 0 atom stereocenters. The van der Waals surface area contributed by atoms with E-state index in [2.05, 4.69) is 43.2 Å². The van der Waals surface area contributed by atoms with E-state index in [1.807, 2.05) is 60.0 Å². The van der Waals surface area contributed by atoms with Gasteiger partial charge in [0.2, 0.25) is 0 Å². The van der Waals surface area contributed by atoms with Crippen molar-refractivity contribution in [2.24, 2.45) is 0 Å². The first-order valence-corrected chi connectivity index (χ1v) is 12.0. The standard InChI is InChI=1S/C20H12Br2N2OS3/c21-13-3-7-15(8-4-13)27-20(28-16-9-5-14(22)6-10-16)17(12-23)24-19(25)18-2-1-11-26-18/h1-11H,(H,24,25). The van der Waals surface area contributed by atoms with E-state index < -0.39 is 0 Å². The molecule has 0 aliphatic rings. The Morgan fingerprint density at radius 2 is 1.46 bits per heavy atom. The first-order chi connectivity index (χ1) is 13.5. The Bertz CT molecular complexity index is 975. The summed E-state index contributed by atoms with van der Waals surface area (Å²) in [6, 6.07) is 21.3. The zero-order valence-corrected chi connectivity index (χ0v) is 19.8. The van der Waals surface area contributed by atoms with E-state index in [9.17, 15) is 10.1 Å². The van der Waals surface area contributed by atoms with E-state index in [0.29, 0.717) is 9.11 Å². The van der Waals surface area contributed by atoms with E-state index in [1.165, 1.54) is 34.9 Å². The second kappa shape index (κ2) is 10.3. The average molecular weight is 552 g/mol. The van der Waals surface area contributed by atoms with Crippen molar-refractivity contribution >= 4 is 72.6 Å². The molecule has 0 bridgehead atoms. The zero-order chi connectivity index (χ0) is 19.9. The Hall–Kier alpha value is -1.50. The van der Waals surface area contributed by atoms with E-state index in [-0.39, 0.29) is 11.6 Å². The van der Waals surface area contributed by atoms with Crippen LogP contribution in [0.25, 0.3) is 0 Å². The van der Waals surface area contributed by atoms with Crippen LogP contribution in [0.15, 0.2) is 94.7 Å². The number of carbonyl (C=O) groups excluding carboxylic acids is 1. The molecule has 1 aromatic heterocycles.